The summed E-state index contributed by atoms with van der Waals surface area (Å²) in [4.78, 5) is 17.5. The van der Waals surface area contributed by atoms with Gasteiger partial charge in [0.15, 0.2) is 5.60 Å². The van der Waals surface area contributed by atoms with Crippen LogP contribution in [0.5, 0.6) is 11.5 Å². The zero-order valence-electron chi connectivity index (χ0n) is 16.1. The number of phenols is 1. The number of carbonyl (C=O) groups is 1. The van der Waals surface area contributed by atoms with Crippen molar-refractivity contribution in [3.05, 3.63) is 22.3 Å². The van der Waals surface area contributed by atoms with Crippen molar-refractivity contribution in [3.63, 3.8) is 0 Å². The number of hydrogen-bond donors (Lipinski definition) is 1. The maximum atomic E-state index is 13.2. The molecule has 0 aromatic heterocycles. The monoisotopic (exact) mass is 346 g/mol. The Morgan fingerprint density at radius 1 is 1.12 bits per heavy atom. The second-order valence-electron chi connectivity index (χ2n) is 7.59. The molecule has 2 aliphatic heterocycles. The molecule has 1 fully saturated rings. The van der Waals surface area contributed by atoms with Gasteiger partial charge in [-0.3, -0.25) is 4.79 Å². The molecule has 1 amide bonds. The highest BCUT2D eigenvalue weighted by Crippen LogP contribution is 2.43. The molecular formula is C20H30N2O3. The first-order valence-electron chi connectivity index (χ1n) is 9.30. The molecule has 1 aromatic rings. The summed E-state index contributed by atoms with van der Waals surface area (Å²) in [6, 6.07) is 0. The first-order valence-corrected chi connectivity index (χ1v) is 9.30. The van der Waals surface area contributed by atoms with Crippen LogP contribution in [0.25, 0.3) is 0 Å². The van der Waals surface area contributed by atoms with Crippen LogP contribution in [-0.4, -0.2) is 59.1 Å². The predicted octanol–water partition coefficient (Wildman–Crippen LogP) is 2.57. The molecule has 0 radical (unpaired) electrons. The van der Waals surface area contributed by atoms with E-state index in [2.05, 4.69) is 11.8 Å². The highest BCUT2D eigenvalue weighted by Gasteiger charge is 2.43. The largest absolute Gasteiger partial charge is 0.507 e. The fourth-order valence-electron chi connectivity index (χ4n) is 4.00. The number of aromatic hydroxyl groups is 1. The normalized spacial score (nSPS) is 24.0. The van der Waals surface area contributed by atoms with Gasteiger partial charge in [-0.05, 0) is 57.4 Å². The molecule has 5 heteroatoms. The first-order chi connectivity index (χ1) is 11.8. The van der Waals surface area contributed by atoms with E-state index in [-0.39, 0.29) is 5.91 Å². The summed E-state index contributed by atoms with van der Waals surface area (Å²) < 4.78 is 6.32. The van der Waals surface area contributed by atoms with Crippen molar-refractivity contribution in [2.24, 2.45) is 0 Å². The lowest BCUT2D eigenvalue weighted by Gasteiger charge is -2.42. The third kappa shape index (κ3) is 2.99. The minimum Gasteiger partial charge on any atom is -0.507 e. The maximum absolute atomic E-state index is 13.2. The Morgan fingerprint density at radius 2 is 1.76 bits per heavy atom. The molecule has 25 heavy (non-hydrogen) atoms. The van der Waals surface area contributed by atoms with Crippen molar-refractivity contribution in [1.82, 2.24) is 9.80 Å². The average Bonchev–Trinajstić information content (AvgIpc) is 2.64. The van der Waals surface area contributed by atoms with Gasteiger partial charge in [0.1, 0.15) is 11.5 Å². The van der Waals surface area contributed by atoms with Crippen LogP contribution in [0.2, 0.25) is 0 Å². The van der Waals surface area contributed by atoms with E-state index in [0.717, 1.165) is 67.1 Å². The molecule has 0 saturated carbocycles. The minimum absolute atomic E-state index is 0.0942. The third-order valence-corrected chi connectivity index (χ3v) is 6.08. The number of carbonyl (C=O) groups excluding carboxylic acids is 1. The summed E-state index contributed by atoms with van der Waals surface area (Å²) in [5.74, 6) is 1.24. The molecule has 2 aliphatic rings. The maximum Gasteiger partial charge on any atom is 0.266 e. The number of rotatable bonds is 2. The van der Waals surface area contributed by atoms with Crippen molar-refractivity contribution in [2.45, 2.75) is 53.1 Å². The van der Waals surface area contributed by atoms with E-state index in [1.54, 1.807) is 0 Å². The lowest BCUT2D eigenvalue weighted by Crippen LogP contribution is -2.57. The number of benzene rings is 1. The van der Waals surface area contributed by atoms with Gasteiger partial charge in [0.2, 0.25) is 0 Å². The van der Waals surface area contributed by atoms with Crippen LogP contribution in [0.1, 0.15) is 42.5 Å². The van der Waals surface area contributed by atoms with Crippen molar-refractivity contribution in [1.29, 1.82) is 0 Å². The number of ether oxygens (including phenoxy) is 1. The quantitative estimate of drug-likeness (QED) is 0.894. The topological polar surface area (TPSA) is 53.0 Å². The van der Waals surface area contributed by atoms with E-state index < -0.39 is 5.60 Å². The van der Waals surface area contributed by atoms with Crippen LogP contribution >= 0.6 is 0 Å². The van der Waals surface area contributed by atoms with E-state index in [1.807, 2.05) is 32.6 Å². The van der Waals surface area contributed by atoms with E-state index in [1.165, 1.54) is 0 Å². The van der Waals surface area contributed by atoms with Crippen molar-refractivity contribution in [2.75, 3.05) is 32.7 Å². The zero-order valence-corrected chi connectivity index (χ0v) is 16.1. The number of fused-ring (bicyclic) bond motifs is 1. The number of hydrogen-bond acceptors (Lipinski definition) is 4. The Hall–Kier alpha value is -1.75. The van der Waals surface area contributed by atoms with Gasteiger partial charge in [0.05, 0.1) is 0 Å². The molecule has 0 bridgehead atoms. The average molecular weight is 346 g/mol. The van der Waals surface area contributed by atoms with E-state index in [9.17, 15) is 9.90 Å². The molecule has 5 nitrogen and oxygen atoms in total. The molecule has 1 saturated heterocycles. The van der Waals surface area contributed by atoms with Gasteiger partial charge < -0.3 is 19.6 Å². The summed E-state index contributed by atoms with van der Waals surface area (Å²) in [5.41, 5.74) is 2.88. The Morgan fingerprint density at radius 3 is 2.36 bits per heavy atom. The Labute approximate surface area is 150 Å². The first kappa shape index (κ1) is 18.1. The number of nitrogens with zero attached hydrogens (tertiary/aromatic N) is 2. The number of amides is 1. The lowest BCUT2D eigenvalue weighted by atomic mass is 9.86. The SMILES string of the molecule is CCN1CCN(C(=O)C2(C)CCc3c(C)c(O)c(C)c(C)c3O2)CC1. The third-order valence-electron chi connectivity index (χ3n) is 6.08. The van der Waals surface area contributed by atoms with Crippen molar-refractivity contribution < 1.29 is 14.6 Å². The minimum atomic E-state index is -0.817. The van der Waals surface area contributed by atoms with Gasteiger partial charge in [-0.1, -0.05) is 6.92 Å². The summed E-state index contributed by atoms with van der Waals surface area (Å²) >= 11 is 0. The fourth-order valence-corrected chi connectivity index (χ4v) is 4.00. The van der Waals surface area contributed by atoms with E-state index >= 15 is 0 Å². The smallest absolute Gasteiger partial charge is 0.266 e. The molecule has 1 aromatic carbocycles. The van der Waals surface area contributed by atoms with Crippen LogP contribution in [0.3, 0.4) is 0 Å². The highest BCUT2D eigenvalue weighted by atomic mass is 16.5. The standard InChI is InChI=1S/C20H30N2O3/c1-6-21-9-11-22(12-10-21)19(24)20(5)8-7-16-15(4)17(23)13(2)14(3)18(16)25-20/h23H,6-12H2,1-5H3. The predicted molar refractivity (Wildman–Crippen MR) is 98.4 cm³/mol. The number of piperazine rings is 1. The Kier molecular flexibility index (Phi) is 4.71. The van der Waals surface area contributed by atoms with Gasteiger partial charge in [0.25, 0.3) is 5.91 Å². The van der Waals surface area contributed by atoms with Crippen LogP contribution < -0.4 is 4.74 Å². The Balaban J connectivity index is 1.85. The molecule has 1 atom stereocenters. The van der Waals surface area contributed by atoms with Crippen molar-refractivity contribution in [3.8, 4) is 11.5 Å². The van der Waals surface area contributed by atoms with Gasteiger partial charge >= 0.3 is 0 Å². The summed E-state index contributed by atoms with van der Waals surface area (Å²) in [5, 5.41) is 10.3. The molecular weight excluding hydrogens is 316 g/mol. The van der Waals surface area contributed by atoms with Crippen molar-refractivity contribution >= 4 is 5.91 Å². The molecule has 0 spiro atoms. The summed E-state index contributed by atoms with van der Waals surface area (Å²) in [6.07, 6.45) is 1.41. The van der Waals surface area contributed by atoms with Crippen LogP contribution in [0.4, 0.5) is 0 Å². The second kappa shape index (κ2) is 6.52. The Bertz CT molecular complexity index is 693. The van der Waals surface area contributed by atoms with Crippen LogP contribution in [0.15, 0.2) is 0 Å². The second-order valence-corrected chi connectivity index (χ2v) is 7.59. The zero-order chi connectivity index (χ0) is 18.4. The summed E-state index contributed by atoms with van der Waals surface area (Å²) in [7, 11) is 0. The molecule has 138 valence electrons. The van der Waals surface area contributed by atoms with Gasteiger partial charge in [0, 0.05) is 38.2 Å². The molecule has 0 aliphatic carbocycles. The van der Waals surface area contributed by atoms with E-state index in [4.69, 9.17) is 4.74 Å². The molecule has 3 rings (SSSR count). The number of phenolic OH excluding ortho intramolecular Hbond substituents is 1. The molecule has 1 unspecified atom stereocenters. The van der Waals surface area contributed by atoms with Gasteiger partial charge in [-0.2, -0.15) is 0 Å². The number of likely N-dealkylation sites (N-methyl/N-ethyl adjacent to an activating group) is 1. The van der Waals surface area contributed by atoms with Crippen LogP contribution in [0, 0.1) is 20.8 Å². The fraction of sp³-hybridized carbons (Fsp3) is 0.650. The van der Waals surface area contributed by atoms with Gasteiger partial charge in [-0.15, -0.1) is 0 Å². The van der Waals surface area contributed by atoms with E-state index in [0.29, 0.717) is 12.2 Å². The molecule has 2 heterocycles. The van der Waals surface area contributed by atoms with Crippen LogP contribution in [-0.2, 0) is 11.2 Å². The molecule has 1 N–H and O–H groups in total. The lowest BCUT2D eigenvalue weighted by molar-refractivity contribution is -0.150. The highest BCUT2D eigenvalue weighted by molar-refractivity contribution is 5.86. The summed E-state index contributed by atoms with van der Waals surface area (Å²) in [6.45, 7) is 14.3. The van der Waals surface area contributed by atoms with Gasteiger partial charge in [-0.25, -0.2) is 0 Å².